The number of thioether (sulfide) groups is 1. The third-order valence-corrected chi connectivity index (χ3v) is 3.56. The molecule has 0 aromatic rings. The molecule has 0 aliphatic rings. The minimum atomic E-state index is 0.747. The maximum atomic E-state index is 3.55. The van der Waals surface area contributed by atoms with Crippen molar-refractivity contribution in [3.8, 4) is 0 Å². The Kier molecular flexibility index (Phi) is 11.6. The SMILES string of the molecule is CCCCCSCC(CCC)NCC. The second-order valence-corrected chi connectivity index (χ2v) is 4.98. The van der Waals surface area contributed by atoms with Gasteiger partial charge in [0.25, 0.3) is 0 Å². The first-order chi connectivity index (χ1) is 6.85. The molecule has 1 N–H and O–H groups in total. The molecular formula is C12H27NS. The minimum absolute atomic E-state index is 0.747. The van der Waals surface area contributed by atoms with E-state index in [0.717, 1.165) is 12.6 Å². The molecule has 0 aromatic carbocycles. The number of hydrogen-bond donors (Lipinski definition) is 1. The van der Waals surface area contributed by atoms with Gasteiger partial charge in [0.05, 0.1) is 0 Å². The minimum Gasteiger partial charge on any atom is -0.313 e. The van der Waals surface area contributed by atoms with Crippen molar-refractivity contribution in [2.24, 2.45) is 0 Å². The Balaban J connectivity index is 3.30. The zero-order valence-electron chi connectivity index (χ0n) is 10.1. The van der Waals surface area contributed by atoms with Gasteiger partial charge in [-0.3, -0.25) is 0 Å². The zero-order chi connectivity index (χ0) is 10.6. The van der Waals surface area contributed by atoms with E-state index in [1.807, 2.05) is 0 Å². The molecule has 0 aromatic heterocycles. The van der Waals surface area contributed by atoms with Crippen LogP contribution >= 0.6 is 11.8 Å². The maximum Gasteiger partial charge on any atom is 0.0157 e. The van der Waals surface area contributed by atoms with Crippen molar-refractivity contribution < 1.29 is 0 Å². The van der Waals surface area contributed by atoms with E-state index < -0.39 is 0 Å². The predicted octanol–water partition coefficient (Wildman–Crippen LogP) is 3.69. The highest BCUT2D eigenvalue weighted by Gasteiger charge is 2.04. The van der Waals surface area contributed by atoms with Crippen LogP contribution in [0.4, 0.5) is 0 Å². The molecule has 2 heteroatoms. The van der Waals surface area contributed by atoms with E-state index in [9.17, 15) is 0 Å². The van der Waals surface area contributed by atoms with Gasteiger partial charge in [-0.2, -0.15) is 11.8 Å². The first-order valence-electron chi connectivity index (χ1n) is 6.16. The van der Waals surface area contributed by atoms with E-state index in [1.165, 1.54) is 43.6 Å². The van der Waals surface area contributed by atoms with Crippen molar-refractivity contribution in [3.05, 3.63) is 0 Å². The van der Waals surface area contributed by atoms with Crippen molar-refractivity contribution in [3.63, 3.8) is 0 Å². The summed E-state index contributed by atoms with van der Waals surface area (Å²) in [5.74, 6) is 2.64. The highest BCUT2D eigenvalue weighted by molar-refractivity contribution is 7.99. The molecular weight excluding hydrogens is 190 g/mol. The Bertz CT molecular complexity index is 100. The molecule has 0 bridgehead atoms. The Hall–Kier alpha value is 0.310. The van der Waals surface area contributed by atoms with Crippen LogP contribution < -0.4 is 5.32 Å². The molecule has 0 saturated heterocycles. The quantitative estimate of drug-likeness (QED) is 0.560. The van der Waals surface area contributed by atoms with Crippen LogP contribution in [-0.2, 0) is 0 Å². The van der Waals surface area contributed by atoms with Crippen LogP contribution in [0.25, 0.3) is 0 Å². The Morgan fingerprint density at radius 2 is 1.86 bits per heavy atom. The average Bonchev–Trinajstić information content (AvgIpc) is 2.18. The van der Waals surface area contributed by atoms with Gasteiger partial charge in [-0.05, 0) is 25.1 Å². The third-order valence-electron chi connectivity index (χ3n) is 2.34. The first-order valence-corrected chi connectivity index (χ1v) is 7.31. The van der Waals surface area contributed by atoms with Gasteiger partial charge in [0, 0.05) is 11.8 Å². The molecule has 0 spiro atoms. The molecule has 0 fully saturated rings. The fourth-order valence-corrected chi connectivity index (χ4v) is 2.71. The zero-order valence-corrected chi connectivity index (χ0v) is 11.0. The molecule has 0 aliphatic carbocycles. The summed E-state index contributed by atoms with van der Waals surface area (Å²) in [5, 5.41) is 3.55. The second-order valence-electron chi connectivity index (χ2n) is 3.83. The molecule has 0 radical (unpaired) electrons. The van der Waals surface area contributed by atoms with Crippen molar-refractivity contribution in [1.29, 1.82) is 0 Å². The normalized spacial score (nSPS) is 13.1. The van der Waals surface area contributed by atoms with Crippen LogP contribution in [0, 0.1) is 0 Å². The summed E-state index contributed by atoms with van der Waals surface area (Å²) in [6.45, 7) is 7.85. The number of rotatable bonds is 10. The van der Waals surface area contributed by atoms with E-state index in [2.05, 4.69) is 37.8 Å². The van der Waals surface area contributed by atoms with Crippen LogP contribution in [-0.4, -0.2) is 24.1 Å². The number of hydrogen-bond acceptors (Lipinski definition) is 2. The largest absolute Gasteiger partial charge is 0.313 e. The van der Waals surface area contributed by atoms with Gasteiger partial charge in [-0.1, -0.05) is 40.0 Å². The summed E-state index contributed by atoms with van der Waals surface area (Å²) in [7, 11) is 0. The number of unbranched alkanes of at least 4 members (excludes halogenated alkanes) is 2. The van der Waals surface area contributed by atoms with Gasteiger partial charge in [-0.15, -0.1) is 0 Å². The first kappa shape index (κ1) is 14.3. The van der Waals surface area contributed by atoms with Crippen LogP contribution in [0.5, 0.6) is 0 Å². The van der Waals surface area contributed by atoms with Gasteiger partial charge >= 0.3 is 0 Å². The summed E-state index contributed by atoms with van der Waals surface area (Å²) in [5.41, 5.74) is 0. The fraction of sp³-hybridized carbons (Fsp3) is 1.00. The summed E-state index contributed by atoms with van der Waals surface area (Å²) in [6.07, 6.45) is 6.76. The second kappa shape index (κ2) is 11.4. The predicted molar refractivity (Wildman–Crippen MR) is 69.2 cm³/mol. The lowest BCUT2D eigenvalue weighted by Gasteiger charge is -2.16. The smallest absolute Gasteiger partial charge is 0.0157 e. The average molecular weight is 217 g/mol. The molecule has 86 valence electrons. The van der Waals surface area contributed by atoms with Crippen molar-refractivity contribution in [1.82, 2.24) is 5.32 Å². The Morgan fingerprint density at radius 3 is 2.43 bits per heavy atom. The molecule has 14 heavy (non-hydrogen) atoms. The molecule has 0 rings (SSSR count). The van der Waals surface area contributed by atoms with Crippen LogP contribution in [0.3, 0.4) is 0 Å². The number of nitrogens with one attached hydrogen (secondary N) is 1. The van der Waals surface area contributed by atoms with Crippen LogP contribution in [0.1, 0.15) is 52.9 Å². The Morgan fingerprint density at radius 1 is 1.07 bits per heavy atom. The lowest BCUT2D eigenvalue weighted by molar-refractivity contribution is 0.531. The van der Waals surface area contributed by atoms with Crippen LogP contribution in [0.2, 0.25) is 0 Å². The van der Waals surface area contributed by atoms with Crippen molar-refractivity contribution in [2.45, 2.75) is 58.9 Å². The van der Waals surface area contributed by atoms with E-state index in [-0.39, 0.29) is 0 Å². The van der Waals surface area contributed by atoms with E-state index >= 15 is 0 Å². The fourth-order valence-electron chi connectivity index (χ4n) is 1.56. The molecule has 0 heterocycles. The lowest BCUT2D eigenvalue weighted by atomic mass is 10.2. The highest BCUT2D eigenvalue weighted by atomic mass is 32.2. The standard InChI is InChI=1S/C12H27NS/c1-4-7-8-10-14-11-12(9-5-2)13-6-3/h12-13H,4-11H2,1-3H3. The topological polar surface area (TPSA) is 12.0 Å². The molecule has 0 amide bonds. The van der Waals surface area contributed by atoms with Gasteiger partial charge in [0.2, 0.25) is 0 Å². The summed E-state index contributed by atoms with van der Waals surface area (Å²) in [4.78, 5) is 0. The van der Waals surface area contributed by atoms with Gasteiger partial charge < -0.3 is 5.32 Å². The molecule has 1 unspecified atom stereocenters. The summed E-state index contributed by atoms with van der Waals surface area (Å²) >= 11 is 2.12. The van der Waals surface area contributed by atoms with Crippen molar-refractivity contribution in [2.75, 3.05) is 18.1 Å². The summed E-state index contributed by atoms with van der Waals surface area (Å²) < 4.78 is 0. The molecule has 1 nitrogen and oxygen atoms in total. The third kappa shape index (κ3) is 8.89. The van der Waals surface area contributed by atoms with Gasteiger partial charge in [-0.25, -0.2) is 0 Å². The van der Waals surface area contributed by atoms with E-state index in [4.69, 9.17) is 0 Å². The van der Waals surface area contributed by atoms with Crippen molar-refractivity contribution >= 4 is 11.8 Å². The van der Waals surface area contributed by atoms with E-state index in [1.54, 1.807) is 0 Å². The monoisotopic (exact) mass is 217 g/mol. The van der Waals surface area contributed by atoms with Gasteiger partial charge in [0.15, 0.2) is 0 Å². The summed E-state index contributed by atoms with van der Waals surface area (Å²) in [6, 6.07) is 0.747. The molecule has 1 atom stereocenters. The molecule has 0 saturated carbocycles. The molecule has 0 aliphatic heterocycles. The van der Waals surface area contributed by atoms with Gasteiger partial charge in [0.1, 0.15) is 0 Å². The highest BCUT2D eigenvalue weighted by Crippen LogP contribution is 2.10. The maximum absolute atomic E-state index is 3.55. The van der Waals surface area contributed by atoms with Crippen LogP contribution in [0.15, 0.2) is 0 Å². The van der Waals surface area contributed by atoms with E-state index in [0.29, 0.717) is 0 Å². The lowest BCUT2D eigenvalue weighted by Crippen LogP contribution is -2.31. The Labute approximate surface area is 94.4 Å².